The summed E-state index contributed by atoms with van der Waals surface area (Å²) in [6.07, 6.45) is 7.40. The quantitative estimate of drug-likeness (QED) is 0.328. The monoisotopic (exact) mass is 411 g/mol. The highest BCUT2D eigenvalue weighted by Gasteiger charge is 2.32. The van der Waals surface area contributed by atoms with Crippen molar-refractivity contribution < 1.29 is 17.8 Å². The zero-order chi connectivity index (χ0) is 21.3. The average molecular weight is 412 g/mol. The van der Waals surface area contributed by atoms with Gasteiger partial charge in [-0.2, -0.15) is 12.7 Å². The minimum atomic E-state index is -4.70. The standard InChI is InChI=1S/C22H37NO4S/c1-6-7-8-9-10-11-12-16-21(24)23(28(25,26)27)22-19(17(2)3)14-13-15-20(22)18(4)5/h13-15,17-18H,6-12,16H2,1-5H3,(H,25,26,27). The first-order valence-electron chi connectivity index (χ1n) is 10.5. The maximum absolute atomic E-state index is 12.9. The van der Waals surface area contributed by atoms with Gasteiger partial charge in [-0.15, -0.1) is 0 Å². The number of nitrogens with zero attached hydrogens (tertiary/aromatic N) is 1. The molecule has 0 aliphatic carbocycles. The van der Waals surface area contributed by atoms with Gasteiger partial charge in [0.25, 0.3) is 0 Å². The molecular weight excluding hydrogens is 374 g/mol. The lowest BCUT2D eigenvalue weighted by Gasteiger charge is -2.27. The molecule has 0 fully saturated rings. The number of hydrogen-bond donors (Lipinski definition) is 1. The second-order valence-electron chi connectivity index (χ2n) is 8.10. The van der Waals surface area contributed by atoms with Gasteiger partial charge in [0.2, 0.25) is 5.91 Å². The fraction of sp³-hybridized carbons (Fsp3) is 0.682. The maximum atomic E-state index is 12.9. The zero-order valence-electron chi connectivity index (χ0n) is 18.1. The molecule has 0 radical (unpaired) electrons. The minimum absolute atomic E-state index is 0.0179. The summed E-state index contributed by atoms with van der Waals surface area (Å²) in [4.78, 5) is 12.9. The summed E-state index contributed by atoms with van der Waals surface area (Å²) in [6, 6.07) is 5.52. The lowest BCUT2D eigenvalue weighted by atomic mass is 9.92. The zero-order valence-corrected chi connectivity index (χ0v) is 18.9. The maximum Gasteiger partial charge on any atom is 0.366 e. The van der Waals surface area contributed by atoms with Crippen molar-refractivity contribution in [1.29, 1.82) is 0 Å². The molecule has 0 bridgehead atoms. The molecule has 1 aromatic carbocycles. The van der Waals surface area contributed by atoms with E-state index in [4.69, 9.17) is 0 Å². The van der Waals surface area contributed by atoms with Gasteiger partial charge in [0.15, 0.2) is 0 Å². The van der Waals surface area contributed by atoms with Gasteiger partial charge in [-0.3, -0.25) is 9.35 Å². The predicted octanol–water partition coefficient (Wildman–Crippen LogP) is 6.21. The first kappa shape index (κ1) is 24.6. The molecule has 0 aromatic heterocycles. The summed E-state index contributed by atoms with van der Waals surface area (Å²) in [5, 5.41) is 0. The molecule has 0 atom stereocenters. The third kappa shape index (κ3) is 7.21. The van der Waals surface area contributed by atoms with E-state index in [2.05, 4.69) is 6.92 Å². The van der Waals surface area contributed by atoms with E-state index in [1.54, 1.807) is 0 Å². The molecule has 1 amide bonds. The van der Waals surface area contributed by atoms with Crippen LogP contribution in [0.2, 0.25) is 0 Å². The van der Waals surface area contributed by atoms with Crippen molar-refractivity contribution in [3.05, 3.63) is 29.3 Å². The highest BCUT2D eigenvalue weighted by atomic mass is 32.2. The highest BCUT2D eigenvalue weighted by Crippen LogP contribution is 2.37. The molecular formula is C22H37NO4S. The van der Waals surface area contributed by atoms with Crippen LogP contribution in [-0.4, -0.2) is 18.9 Å². The van der Waals surface area contributed by atoms with Gasteiger partial charge in [0.05, 0.1) is 5.69 Å². The van der Waals surface area contributed by atoms with E-state index in [9.17, 15) is 17.8 Å². The van der Waals surface area contributed by atoms with E-state index < -0.39 is 16.2 Å². The number of unbranched alkanes of at least 4 members (excludes halogenated alkanes) is 6. The van der Waals surface area contributed by atoms with Crippen LogP contribution >= 0.6 is 0 Å². The summed E-state index contributed by atoms with van der Waals surface area (Å²) in [5.41, 5.74) is 1.82. The number of para-hydroxylation sites is 1. The Labute approximate surface area is 171 Å². The minimum Gasteiger partial charge on any atom is -0.273 e. The highest BCUT2D eigenvalue weighted by molar-refractivity contribution is 7.88. The SMILES string of the molecule is CCCCCCCCCC(=O)N(c1c(C(C)C)cccc1C(C)C)S(=O)(=O)O. The molecule has 160 valence electrons. The topological polar surface area (TPSA) is 74.7 Å². The largest absolute Gasteiger partial charge is 0.366 e. The van der Waals surface area contributed by atoms with E-state index in [-0.39, 0.29) is 18.3 Å². The van der Waals surface area contributed by atoms with Gasteiger partial charge in [-0.1, -0.05) is 91.3 Å². The van der Waals surface area contributed by atoms with Crippen LogP contribution in [0.5, 0.6) is 0 Å². The second kappa shape index (κ2) is 11.6. The number of hydrogen-bond acceptors (Lipinski definition) is 3. The normalized spacial score (nSPS) is 12.0. The van der Waals surface area contributed by atoms with Crippen LogP contribution in [0, 0.1) is 0 Å². The number of rotatable bonds is 12. The molecule has 0 unspecified atom stereocenters. The van der Waals surface area contributed by atoms with Crippen molar-refractivity contribution in [2.24, 2.45) is 0 Å². The van der Waals surface area contributed by atoms with Gasteiger partial charge in [0, 0.05) is 6.42 Å². The van der Waals surface area contributed by atoms with Crippen molar-refractivity contribution in [3.63, 3.8) is 0 Å². The van der Waals surface area contributed by atoms with Crippen molar-refractivity contribution >= 4 is 21.9 Å². The Bertz CT molecular complexity index is 700. The Hall–Kier alpha value is -1.40. The summed E-state index contributed by atoms with van der Waals surface area (Å²) >= 11 is 0. The lowest BCUT2D eigenvalue weighted by Crippen LogP contribution is -2.38. The Morgan fingerprint density at radius 2 is 1.39 bits per heavy atom. The molecule has 28 heavy (non-hydrogen) atoms. The molecule has 0 aliphatic heterocycles. The molecule has 0 spiro atoms. The van der Waals surface area contributed by atoms with Crippen LogP contribution in [0.3, 0.4) is 0 Å². The Kier molecular flexibility index (Phi) is 10.2. The summed E-state index contributed by atoms with van der Waals surface area (Å²) < 4.78 is 34.9. The fourth-order valence-electron chi connectivity index (χ4n) is 3.45. The van der Waals surface area contributed by atoms with E-state index in [1.165, 1.54) is 19.3 Å². The van der Waals surface area contributed by atoms with E-state index in [1.807, 2.05) is 45.9 Å². The third-order valence-electron chi connectivity index (χ3n) is 5.00. The van der Waals surface area contributed by atoms with Gasteiger partial charge >= 0.3 is 10.3 Å². The van der Waals surface area contributed by atoms with Gasteiger partial charge in [-0.25, -0.2) is 0 Å². The van der Waals surface area contributed by atoms with Gasteiger partial charge < -0.3 is 0 Å². The van der Waals surface area contributed by atoms with E-state index in [0.29, 0.717) is 16.4 Å². The predicted molar refractivity (Wildman–Crippen MR) is 116 cm³/mol. The molecule has 1 aromatic rings. The molecule has 1 N–H and O–H groups in total. The van der Waals surface area contributed by atoms with Crippen molar-refractivity contribution in [3.8, 4) is 0 Å². The smallest absolute Gasteiger partial charge is 0.273 e. The van der Waals surface area contributed by atoms with Crippen molar-refractivity contribution in [2.45, 2.75) is 97.8 Å². The number of amides is 1. The lowest BCUT2D eigenvalue weighted by molar-refractivity contribution is -0.117. The molecule has 6 heteroatoms. The van der Waals surface area contributed by atoms with E-state index >= 15 is 0 Å². The summed E-state index contributed by atoms with van der Waals surface area (Å²) in [5.74, 6) is -0.528. The van der Waals surface area contributed by atoms with E-state index in [0.717, 1.165) is 30.4 Å². The van der Waals surface area contributed by atoms with Crippen LogP contribution in [0.4, 0.5) is 5.69 Å². The number of carbonyl (C=O) groups excluding carboxylic acids is 1. The average Bonchev–Trinajstić information content (AvgIpc) is 2.59. The fourth-order valence-corrected chi connectivity index (χ4v) is 4.24. The van der Waals surface area contributed by atoms with Crippen molar-refractivity contribution in [1.82, 2.24) is 0 Å². The number of anilines is 1. The van der Waals surface area contributed by atoms with Crippen LogP contribution in [0.25, 0.3) is 0 Å². The molecule has 0 saturated heterocycles. The van der Waals surface area contributed by atoms with Crippen LogP contribution in [0.1, 0.15) is 109 Å². The summed E-state index contributed by atoms with van der Waals surface area (Å²) in [6.45, 7) is 9.97. The Morgan fingerprint density at radius 1 is 0.929 bits per heavy atom. The molecule has 1 rings (SSSR count). The molecule has 5 nitrogen and oxygen atoms in total. The van der Waals surface area contributed by atoms with Crippen LogP contribution in [0.15, 0.2) is 18.2 Å². The van der Waals surface area contributed by atoms with Gasteiger partial charge in [0.1, 0.15) is 0 Å². The van der Waals surface area contributed by atoms with Crippen molar-refractivity contribution in [2.75, 3.05) is 4.31 Å². The molecule has 0 aliphatic rings. The first-order valence-corrected chi connectivity index (χ1v) is 11.9. The first-order chi connectivity index (χ1) is 13.1. The third-order valence-corrected chi connectivity index (χ3v) is 5.84. The Morgan fingerprint density at radius 3 is 1.82 bits per heavy atom. The number of benzene rings is 1. The van der Waals surface area contributed by atoms with Crippen LogP contribution < -0.4 is 4.31 Å². The molecule has 0 saturated carbocycles. The van der Waals surface area contributed by atoms with Gasteiger partial charge in [-0.05, 0) is 29.4 Å². The Balaban J connectivity index is 3.06. The number of carbonyl (C=O) groups is 1. The van der Waals surface area contributed by atoms with Crippen LogP contribution in [-0.2, 0) is 15.1 Å². The summed E-state index contributed by atoms with van der Waals surface area (Å²) in [7, 11) is -4.70. The second-order valence-corrected chi connectivity index (χ2v) is 9.36. The molecule has 0 heterocycles.